The smallest absolute Gasteiger partial charge is 0.335 e. The largest absolute Gasteiger partial charge is 0.481 e. The Bertz CT molecular complexity index is 951. The minimum atomic E-state index is -0.970. The first-order valence-electron chi connectivity index (χ1n) is 8.49. The molecule has 2 aromatic carbocycles. The van der Waals surface area contributed by atoms with Gasteiger partial charge in [-0.25, -0.2) is 9.78 Å². The van der Waals surface area contributed by atoms with E-state index in [0.29, 0.717) is 12.8 Å². The van der Waals surface area contributed by atoms with Gasteiger partial charge in [-0.1, -0.05) is 30.3 Å². The predicted octanol–water partition coefficient (Wildman–Crippen LogP) is 4.40. The van der Waals surface area contributed by atoms with E-state index in [1.807, 2.05) is 36.4 Å². The van der Waals surface area contributed by atoms with E-state index in [1.54, 1.807) is 18.2 Å². The molecule has 5 nitrogen and oxygen atoms in total. The number of aliphatic carboxylic acids is 1. The van der Waals surface area contributed by atoms with Crippen LogP contribution < -0.4 is 0 Å². The molecule has 0 radical (unpaired) electrons. The van der Waals surface area contributed by atoms with Crippen molar-refractivity contribution in [3.05, 3.63) is 65.7 Å². The molecule has 5 heteroatoms. The molecule has 0 saturated heterocycles. The summed E-state index contributed by atoms with van der Waals surface area (Å²) in [6.45, 7) is 0. The van der Waals surface area contributed by atoms with Crippen molar-refractivity contribution in [2.75, 3.05) is 0 Å². The maximum atomic E-state index is 11.2. The van der Waals surface area contributed by atoms with Gasteiger partial charge in [-0.3, -0.25) is 4.79 Å². The maximum absolute atomic E-state index is 11.2. The molecule has 0 amide bonds. The summed E-state index contributed by atoms with van der Waals surface area (Å²) in [6.07, 6.45) is 2.16. The maximum Gasteiger partial charge on any atom is 0.335 e. The average Bonchev–Trinajstić information content (AvgIpc) is 2.64. The van der Waals surface area contributed by atoms with Gasteiger partial charge >= 0.3 is 11.9 Å². The highest BCUT2D eigenvalue weighted by atomic mass is 16.4. The number of pyridine rings is 1. The highest BCUT2D eigenvalue weighted by Crippen LogP contribution is 2.27. The number of hydrogen-bond acceptors (Lipinski definition) is 3. The van der Waals surface area contributed by atoms with E-state index in [0.717, 1.165) is 34.1 Å². The third kappa shape index (κ3) is 4.06. The molecule has 26 heavy (non-hydrogen) atoms. The first-order chi connectivity index (χ1) is 12.5. The molecule has 0 saturated carbocycles. The number of rotatable bonds is 7. The molecule has 0 fully saturated rings. The molecule has 3 rings (SSSR count). The molecular weight excluding hydrogens is 330 g/mol. The Morgan fingerprint density at radius 3 is 2.38 bits per heavy atom. The zero-order chi connectivity index (χ0) is 18.5. The van der Waals surface area contributed by atoms with Crippen molar-refractivity contribution in [1.82, 2.24) is 4.98 Å². The fourth-order valence-electron chi connectivity index (χ4n) is 2.98. The summed E-state index contributed by atoms with van der Waals surface area (Å²) in [7, 11) is 0. The van der Waals surface area contributed by atoms with Gasteiger partial charge < -0.3 is 10.2 Å². The summed E-state index contributed by atoms with van der Waals surface area (Å²) in [4.78, 5) is 26.7. The molecule has 3 aromatic rings. The van der Waals surface area contributed by atoms with Crippen LogP contribution in [0, 0.1) is 0 Å². The Balaban J connectivity index is 2.01. The van der Waals surface area contributed by atoms with Crippen molar-refractivity contribution in [3.8, 4) is 11.3 Å². The molecule has 0 aliphatic heterocycles. The number of carbonyl (C=O) groups is 2. The number of aromatic carboxylic acids is 1. The standard InChI is InChI=1S/C21H19NO4/c23-19(24)9-5-4-8-15-12-17-13-16(21(25)26)10-11-18(17)22-20(15)14-6-2-1-3-7-14/h1-3,6-7,10-13H,4-5,8-9H2,(H,23,24)(H,25,26). The van der Waals surface area contributed by atoms with Crippen LogP contribution >= 0.6 is 0 Å². The highest BCUT2D eigenvalue weighted by Gasteiger charge is 2.11. The molecular formula is C21H19NO4. The Morgan fingerprint density at radius 1 is 0.923 bits per heavy atom. The van der Waals surface area contributed by atoms with Crippen LogP contribution in [-0.2, 0) is 11.2 Å². The summed E-state index contributed by atoms with van der Waals surface area (Å²) in [6, 6.07) is 16.7. The van der Waals surface area contributed by atoms with Gasteiger partial charge in [0.05, 0.1) is 16.8 Å². The fraction of sp³-hybridized carbons (Fsp3) is 0.190. The number of hydrogen-bond donors (Lipinski definition) is 2. The monoisotopic (exact) mass is 349 g/mol. The Kier molecular flexibility index (Phi) is 5.27. The van der Waals surface area contributed by atoms with Crippen molar-refractivity contribution in [3.63, 3.8) is 0 Å². The average molecular weight is 349 g/mol. The summed E-state index contributed by atoms with van der Waals surface area (Å²) in [5.41, 5.74) is 3.81. The Hall–Kier alpha value is -3.21. The minimum Gasteiger partial charge on any atom is -0.481 e. The van der Waals surface area contributed by atoms with Crippen molar-refractivity contribution >= 4 is 22.8 Å². The van der Waals surface area contributed by atoms with Crippen LogP contribution in [0.5, 0.6) is 0 Å². The lowest BCUT2D eigenvalue weighted by Gasteiger charge is -2.11. The lowest BCUT2D eigenvalue weighted by Crippen LogP contribution is -2.00. The van der Waals surface area contributed by atoms with Gasteiger partial charge in [0.1, 0.15) is 0 Å². The van der Waals surface area contributed by atoms with Gasteiger partial charge in [0.15, 0.2) is 0 Å². The summed E-state index contributed by atoms with van der Waals surface area (Å²) in [5, 5.41) is 18.8. The molecule has 0 unspecified atom stereocenters. The molecule has 1 heterocycles. The Morgan fingerprint density at radius 2 is 1.69 bits per heavy atom. The second-order valence-corrected chi connectivity index (χ2v) is 6.18. The zero-order valence-corrected chi connectivity index (χ0v) is 14.2. The summed E-state index contributed by atoms with van der Waals surface area (Å²) >= 11 is 0. The van der Waals surface area contributed by atoms with Crippen molar-refractivity contribution in [2.45, 2.75) is 25.7 Å². The quantitative estimate of drug-likeness (QED) is 0.617. The van der Waals surface area contributed by atoms with E-state index in [1.165, 1.54) is 0 Å². The molecule has 0 atom stereocenters. The van der Waals surface area contributed by atoms with Crippen LogP contribution in [0.1, 0.15) is 35.2 Å². The van der Waals surface area contributed by atoms with Crippen molar-refractivity contribution in [2.24, 2.45) is 0 Å². The second kappa shape index (κ2) is 7.78. The van der Waals surface area contributed by atoms with Gasteiger partial charge in [0.25, 0.3) is 0 Å². The van der Waals surface area contributed by atoms with Gasteiger partial charge in [-0.05, 0) is 49.1 Å². The molecule has 0 spiro atoms. The minimum absolute atomic E-state index is 0.144. The lowest BCUT2D eigenvalue weighted by atomic mass is 9.98. The van der Waals surface area contributed by atoms with Crippen LogP contribution in [0.25, 0.3) is 22.2 Å². The molecule has 132 valence electrons. The van der Waals surface area contributed by atoms with Crippen LogP contribution in [0.2, 0.25) is 0 Å². The van der Waals surface area contributed by atoms with Gasteiger partial charge in [-0.2, -0.15) is 0 Å². The van der Waals surface area contributed by atoms with Crippen LogP contribution in [-0.4, -0.2) is 27.1 Å². The number of benzene rings is 2. The number of carboxylic acid groups (broad SMARTS) is 2. The molecule has 2 N–H and O–H groups in total. The summed E-state index contributed by atoms with van der Waals surface area (Å²) in [5.74, 6) is -1.77. The number of aryl methyl sites for hydroxylation is 1. The molecule has 0 aliphatic carbocycles. The van der Waals surface area contributed by atoms with E-state index in [-0.39, 0.29) is 12.0 Å². The van der Waals surface area contributed by atoms with E-state index >= 15 is 0 Å². The zero-order valence-electron chi connectivity index (χ0n) is 14.2. The third-order valence-electron chi connectivity index (χ3n) is 4.27. The van der Waals surface area contributed by atoms with Crippen LogP contribution in [0.4, 0.5) is 0 Å². The first-order valence-corrected chi connectivity index (χ1v) is 8.49. The van der Waals surface area contributed by atoms with Crippen molar-refractivity contribution < 1.29 is 19.8 Å². The SMILES string of the molecule is O=C(O)CCCCc1cc2cc(C(=O)O)ccc2nc1-c1ccccc1. The van der Waals surface area contributed by atoms with Crippen molar-refractivity contribution in [1.29, 1.82) is 0 Å². The van der Waals surface area contributed by atoms with E-state index in [9.17, 15) is 14.7 Å². The normalized spacial score (nSPS) is 10.8. The van der Waals surface area contributed by atoms with Gasteiger partial charge in [-0.15, -0.1) is 0 Å². The predicted molar refractivity (Wildman–Crippen MR) is 99.3 cm³/mol. The fourth-order valence-corrected chi connectivity index (χ4v) is 2.98. The van der Waals surface area contributed by atoms with Crippen LogP contribution in [0.3, 0.4) is 0 Å². The lowest BCUT2D eigenvalue weighted by molar-refractivity contribution is -0.137. The first kappa shape index (κ1) is 17.6. The van der Waals surface area contributed by atoms with E-state index in [2.05, 4.69) is 0 Å². The van der Waals surface area contributed by atoms with Gasteiger partial charge in [0.2, 0.25) is 0 Å². The number of nitrogens with zero attached hydrogens (tertiary/aromatic N) is 1. The number of aromatic nitrogens is 1. The highest BCUT2D eigenvalue weighted by molar-refractivity contribution is 5.94. The van der Waals surface area contributed by atoms with E-state index in [4.69, 9.17) is 10.1 Å². The van der Waals surface area contributed by atoms with Gasteiger partial charge in [0, 0.05) is 17.4 Å². The van der Waals surface area contributed by atoms with E-state index < -0.39 is 11.9 Å². The summed E-state index contributed by atoms with van der Waals surface area (Å²) < 4.78 is 0. The molecule has 0 aliphatic rings. The number of unbranched alkanes of at least 4 members (excludes halogenated alkanes) is 1. The third-order valence-corrected chi connectivity index (χ3v) is 4.27. The number of fused-ring (bicyclic) bond motifs is 1. The molecule has 0 bridgehead atoms. The van der Waals surface area contributed by atoms with Crippen LogP contribution in [0.15, 0.2) is 54.6 Å². The second-order valence-electron chi connectivity index (χ2n) is 6.18. The molecule has 1 aromatic heterocycles. The topological polar surface area (TPSA) is 87.5 Å². The Labute approximate surface area is 150 Å². The number of carboxylic acids is 2.